The summed E-state index contributed by atoms with van der Waals surface area (Å²) in [6.07, 6.45) is 1.52. The van der Waals surface area contributed by atoms with Crippen molar-refractivity contribution in [1.29, 1.82) is 0 Å². The minimum Gasteiger partial charge on any atom is -0.469 e. The molecule has 0 saturated heterocycles. The van der Waals surface area contributed by atoms with E-state index in [1.165, 1.54) is 7.11 Å². The molecule has 0 aliphatic rings. The lowest BCUT2D eigenvalue weighted by Gasteiger charge is -2.38. The minimum absolute atomic E-state index is 0.132. The molecule has 0 N–H and O–H groups in total. The largest absolute Gasteiger partial charge is 0.469 e. The summed E-state index contributed by atoms with van der Waals surface area (Å²) in [5.41, 5.74) is 0.132. The lowest BCUT2D eigenvalue weighted by Crippen LogP contribution is -2.46. The van der Waals surface area contributed by atoms with Crippen molar-refractivity contribution in [2.24, 2.45) is 0 Å². The molecule has 3 nitrogen and oxygen atoms in total. The Kier molecular flexibility index (Phi) is 5.13. The predicted octanol–water partition coefficient (Wildman–Crippen LogP) is 2.06. The summed E-state index contributed by atoms with van der Waals surface area (Å²) in [5, 5.41) is 0. The van der Waals surface area contributed by atoms with E-state index in [0.29, 0.717) is 6.42 Å². The second-order valence-corrected chi connectivity index (χ2v) is 4.41. The zero-order chi connectivity index (χ0) is 11.4. The first-order chi connectivity index (χ1) is 6.35. The molecule has 0 aliphatic carbocycles. The average molecular weight is 201 g/mol. The highest BCUT2D eigenvalue weighted by molar-refractivity contribution is 5.69. The molecule has 0 amide bonds. The molecule has 0 saturated carbocycles. The Balaban J connectivity index is 4.24. The van der Waals surface area contributed by atoms with Crippen molar-refractivity contribution in [1.82, 2.24) is 4.90 Å². The number of methoxy groups -OCH3 is 1. The summed E-state index contributed by atoms with van der Waals surface area (Å²) in [7, 11) is 3.48. The van der Waals surface area contributed by atoms with Crippen molar-refractivity contribution < 1.29 is 9.53 Å². The van der Waals surface area contributed by atoms with Crippen LogP contribution in [0, 0.1) is 0 Å². The Morgan fingerprint density at radius 3 is 2.36 bits per heavy atom. The van der Waals surface area contributed by atoms with Crippen LogP contribution in [0.5, 0.6) is 0 Å². The molecule has 1 unspecified atom stereocenters. The van der Waals surface area contributed by atoms with E-state index in [-0.39, 0.29) is 17.6 Å². The van der Waals surface area contributed by atoms with Crippen molar-refractivity contribution in [2.45, 2.75) is 52.1 Å². The molecular weight excluding hydrogens is 178 g/mol. The second-order valence-electron chi connectivity index (χ2n) is 4.41. The first-order valence-corrected chi connectivity index (χ1v) is 5.15. The number of hydrogen-bond acceptors (Lipinski definition) is 3. The van der Waals surface area contributed by atoms with E-state index in [1.807, 2.05) is 6.92 Å². The van der Waals surface area contributed by atoms with Gasteiger partial charge in [-0.1, -0.05) is 6.92 Å². The third-order valence-electron chi connectivity index (χ3n) is 3.17. The lowest BCUT2D eigenvalue weighted by molar-refractivity contribution is -0.142. The molecule has 0 aliphatic heterocycles. The molecule has 0 aromatic heterocycles. The quantitative estimate of drug-likeness (QED) is 0.638. The Morgan fingerprint density at radius 2 is 2.00 bits per heavy atom. The summed E-state index contributed by atoms with van der Waals surface area (Å²) in [4.78, 5) is 13.3. The minimum atomic E-state index is -0.142. The number of rotatable bonds is 5. The van der Waals surface area contributed by atoms with Crippen LogP contribution in [0.4, 0.5) is 0 Å². The third kappa shape index (κ3) is 3.66. The van der Waals surface area contributed by atoms with E-state index >= 15 is 0 Å². The Hall–Kier alpha value is -0.570. The number of carbonyl (C=O) groups is 1. The smallest absolute Gasteiger partial charge is 0.307 e. The van der Waals surface area contributed by atoms with Gasteiger partial charge in [0.25, 0.3) is 0 Å². The molecule has 0 aromatic carbocycles. The third-order valence-corrected chi connectivity index (χ3v) is 3.17. The van der Waals surface area contributed by atoms with Gasteiger partial charge in [-0.25, -0.2) is 0 Å². The topological polar surface area (TPSA) is 29.5 Å². The van der Waals surface area contributed by atoms with Crippen LogP contribution in [0.1, 0.15) is 40.5 Å². The van der Waals surface area contributed by atoms with E-state index in [4.69, 9.17) is 0 Å². The Bertz CT molecular complexity index is 190. The van der Waals surface area contributed by atoms with Crippen LogP contribution < -0.4 is 0 Å². The first kappa shape index (κ1) is 13.4. The predicted molar refractivity (Wildman–Crippen MR) is 58.2 cm³/mol. The molecule has 3 heteroatoms. The zero-order valence-electron chi connectivity index (χ0n) is 10.3. The van der Waals surface area contributed by atoms with Crippen molar-refractivity contribution in [3.05, 3.63) is 0 Å². The van der Waals surface area contributed by atoms with Gasteiger partial charge in [0.15, 0.2) is 0 Å². The van der Waals surface area contributed by atoms with Crippen LogP contribution in [0.2, 0.25) is 0 Å². The number of carbonyl (C=O) groups excluding carboxylic acids is 1. The monoisotopic (exact) mass is 201 g/mol. The highest BCUT2D eigenvalue weighted by Crippen LogP contribution is 2.20. The Labute approximate surface area is 87.4 Å². The second kappa shape index (κ2) is 5.35. The van der Waals surface area contributed by atoms with Crippen molar-refractivity contribution in [3.8, 4) is 0 Å². The maximum atomic E-state index is 11.1. The van der Waals surface area contributed by atoms with Gasteiger partial charge in [0, 0.05) is 11.6 Å². The molecule has 1 atom stereocenters. The van der Waals surface area contributed by atoms with Gasteiger partial charge in [-0.3, -0.25) is 9.69 Å². The van der Waals surface area contributed by atoms with Crippen LogP contribution >= 0.6 is 0 Å². The Morgan fingerprint density at radius 1 is 1.50 bits per heavy atom. The fraction of sp³-hybridized carbons (Fsp3) is 0.909. The average Bonchev–Trinajstić information content (AvgIpc) is 2.16. The van der Waals surface area contributed by atoms with Gasteiger partial charge in [-0.15, -0.1) is 0 Å². The standard InChI is InChI=1S/C11H23NO2/c1-7-11(3,4)12(5)9(2)8-10(13)14-6/h9H,7-8H2,1-6H3. The van der Waals surface area contributed by atoms with Gasteiger partial charge in [-0.2, -0.15) is 0 Å². The lowest BCUT2D eigenvalue weighted by atomic mass is 9.97. The maximum Gasteiger partial charge on any atom is 0.307 e. The van der Waals surface area contributed by atoms with Gasteiger partial charge in [-0.05, 0) is 34.2 Å². The molecule has 84 valence electrons. The van der Waals surface area contributed by atoms with Crippen molar-refractivity contribution >= 4 is 5.97 Å². The first-order valence-electron chi connectivity index (χ1n) is 5.15. The van der Waals surface area contributed by atoms with Crippen molar-refractivity contribution in [2.75, 3.05) is 14.2 Å². The summed E-state index contributed by atoms with van der Waals surface area (Å²) in [5.74, 6) is -0.142. The molecule has 0 bridgehead atoms. The normalized spacial score (nSPS) is 14.2. The van der Waals surface area contributed by atoms with Crippen LogP contribution in [0.15, 0.2) is 0 Å². The molecule has 14 heavy (non-hydrogen) atoms. The van der Waals surface area contributed by atoms with E-state index in [9.17, 15) is 4.79 Å². The van der Waals surface area contributed by atoms with E-state index in [2.05, 4.69) is 37.5 Å². The highest BCUT2D eigenvalue weighted by Gasteiger charge is 2.26. The molecular formula is C11H23NO2. The SMILES string of the molecule is CCC(C)(C)N(C)C(C)CC(=O)OC. The maximum absolute atomic E-state index is 11.1. The number of hydrogen-bond donors (Lipinski definition) is 0. The summed E-state index contributed by atoms with van der Waals surface area (Å²) in [6, 6.07) is 0.220. The molecule has 0 aromatic rings. The van der Waals surface area contributed by atoms with Crippen molar-refractivity contribution in [3.63, 3.8) is 0 Å². The van der Waals surface area contributed by atoms with E-state index in [1.54, 1.807) is 0 Å². The molecule has 0 spiro atoms. The van der Waals surface area contributed by atoms with E-state index < -0.39 is 0 Å². The van der Waals surface area contributed by atoms with Gasteiger partial charge in [0.05, 0.1) is 13.5 Å². The van der Waals surface area contributed by atoms with E-state index in [0.717, 1.165) is 6.42 Å². The fourth-order valence-electron chi connectivity index (χ4n) is 1.31. The zero-order valence-corrected chi connectivity index (χ0v) is 10.3. The number of esters is 1. The van der Waals surface area contributed by atoms with Gasteiger partial charge >= 0.3 is 5.97 Å². The molecule has 0 rings (SSSR count). The van der Waals surface area contributed by atoms with Gasteiger partial charge < -0.3 is 4.74 Å². The molecule has 0 radical (unpaired) electrons. The van der Waals surface area contributed by atoms with Crippen LogP contribution in [0.25, 0.3) is 0 Å². The number of ether oxygens (including phenoxy) is 1. The van der Waals surface area contributed by atoms with Gasteiger partial charge in [0.1, 0.15) is 0 Å². The summed E-state index contributed by atoms with van der Waals surface area (Å²) >= 11 is 0. The molecule has 0 fully saturated rings. The van der Waals surface area contributed by atoms with Crippen LogP contribution in [-0.2, 0) is 9.53 Å². The fourth-order valence-corrected chi connectivity index (χ4v) is 1.31. The highest BCUT2D eigenvalue weighted by atomic mass is 16.5. The van der Waals surface area contributed by atoms with Gasteiger partial charge in [0.2, 0.25) is 0 Å². The summed E-state index contributed by atoms with van der Waals surface area (Å²) in [6.45, 7) is 8.57. The van der Waals surface area contributed by atoms with Crippen LogP contribution in [0.3, 0.4) is 0 Å². The van der Waals surface area contributed by atoms with Crippen LogP contribution in [-0.4, -0.2) is 36.6 Å². The summed E-state index contributed by atoms with van der Waals surface area (Å²) < 4.78 is 4.65. The molecule has 0 heterocycles. The number of nitrogens with zero attached hydrogens (tertiary/aromatic N) is 1.